The van der Waals surface area contributed by atoms with E-state index in [9.17, 15) is 9.59 Å². The highest BCUT2D eigenvalue weighted by molar-refractivity contribution is 5.88. The molecule has 0 aliphatic carbocycles. The smallest absolute Gasteiger partial charge is 0.320 e. The molecule has 24 heavy (non-hydrogen) atoms. The van der Waals surface area contributed by atoms with Gasteiger partial charge in [0.05, 0.1) is 13.7 Å². The Morgan fingerprint density at radius 3 is 2.67 bits per heavy atom. The zero-order valence-corrected chi connectivity index (χ0v) is 13.4. The summed E-state index contributed by atoms with van der Waals surface area (Å²) in [4.78, 5) is 22.0. The standard InChI is InChI=1S/C16H20N4O4/c1-24-13-6-4-12(5-7-13)11-20-10-8-14(19-20)18-16(23)17-9-2-3-15(21)22/h4-8,10H,2-3,9,11H2,1H3,(H,21,22)(H2,17,18,19,23). The molecule has 8 nitrogen and oxygen atoms in total. The van der Waals surface area contributed by atoms with Crippen LogP contribution in [0.25, 0.3) is 0 Å². The fraction of sp³-hybridized carbons (Fsp3) is 0.312. The van der Waals surface area contributed by atoms with E-state index >= 15 is 0 Å². The van der Waals surface area contributed by atoms with E-state index in [1.165, 1.54) is 0 Å². The predicted octanol–water partition coefficient (Wildman–Crippen LogP) is 1.93. The van der Waals surface area contributed by atoms with Gasteiger partial charge in [0, 0.05) is 25.2 Å². The molecule has 0 atom stereocenters. The monoisotopic (exact) mass is 332 g/mol. The molecule has 1 heterocycles. The average Bonchev–Trinajstić information content (AvgIpc) is 2.99. The van der Waals surface area contributed by atoms with Crippen molar-refractivity contribution in [3.8, 4) is 5.75 Å². The number of urea groups is 1. The normalized spacial score (nSPS) is 10.2. The Morgan fingerprint density at radius 1 is 1.25 bits per heavy atom. The third-order valence-corrected chi connectivity index (χ3v) is 3.24. The highest BCUT2D eigenvalue weighted by atomic mass is 16.5. The van der Waals surface area contributed by atoms with Crippen LogP contribution in [0.4, 0.5) is 10.6 Å². The first-order chi connectivity index (χ1) is 11.6. The van der Waals surface area contributed by atoms with Crippen LogP contribution in [-0.2, 0) is 11.3 Å². The van der Waals surface area contributed by atoms with Crippen LogP contribution in [0, 0.1) is 0 Å². The third-order valence-electron chi connectivity index (χ3n) is 3.24. The van der Waals surface area contributed by atoms with Crippen molar-refractivity contribution in [2.24, 2.45) is 0 Å². The van der Waals surface area contributed by atoms with E-state index in [2.05, 4.69) is 15.7 Å². The maximum absolute atomic E-state index is 11.7. The molecule has 0 unspecified atom stereocenters. The Bertz CT molecular complexity index is 682. The molecule has 0 aliphatic heterocycles. The molecular weight excluding hydrogens is 312 g/mol. The SMILES string of the molecule is COc1ccc(Cn2ccc(NC(=O)NCCCC(=O)O)n2)cc1. The van der Waals surface area contributed by atoms with E-state index in [-0.39, 0.29) is 6.42 Å². The average molecular weight is 332 g/mol. The molecule has 0 radical (unpaired) electrons. The number of nitrogens with zero attached hydrogens (tertiary/aromatic N) is 2. The molecule has 1 aromatic carbocycles. The number of ether oxygens (including phenoxy) is 1. The summed E-state index contributed by atoms with van der Waals surface area (Å²) in [5.74, 6) is 0.342. The summed E-state index contributed by atoms with van der Waals surface area (Å²) < 4.78 is 6.82. The molecule has 0 saturated carbocycles. The summed E-state index contributed by atoms with van der Waals surface area (Å²) in [5.41, 5.74) is 1.06. The maximum atomic E-state index is 11.7. The predicted molar refractivity (Wildman–Crippen MR) is 88.2 cm³/mol. The van der Waals surface area contributed by atoms with Crippen molar-refractivity contribution in [2.45, 2.75) is 19.4 Å². The largest absolute Gasteiger partial charge is 0.497 e. The lowest BCUT2D eigenvalue weighted by Gasteiger charge is -2.05. The van der Waals surface area contributed by atoms with Gasteiger partial charge in [-0.1, -0.05) is 12.1 Å². The number of rotatable bonds is 8. The molecule has 3 N–H and O–H groups in total. The Kier molecular flexibility index (Phi) is 6.18. The van der Waals surface area contributed by atoms with Crippen molar-refractivity contribution in [1.82, 2.24) is 15.1 Å². The number of aromatic nitrogens is 2. The number of methoxy groups -OCH3 is 1. The molecule has 2 amide bonds. The number of amides is 2. The van der Waals surface area contributed by atoms with E-state index in [1.807, 2.05) is 24.3 Å². The highest BCUT2D eigenvalue weighted by Gasteiger charge is 2.05. The minimum absolute atomic E-state index is 0.0246. The van der Waals surface area contributed by atoms with Crippen LogP contribution in [0.1, 0.15) is 18.4 Å². The first kappa shape index (κ1) is 17.3. The van der Waals surface area contributed by atoms with Crippen molar-refractivity contribution in [3.63, 3.8) is 0 Å². The Hall–Kier alpha value is -3.03. The molecule has 0 spiro atoms. The number of aliphatic carboxylic acids is 1. The van der Waals surface area contributed by atoms with E-state index in [0.29, 0.717) is 25.3 Å². The number of carbonyl (C=O) groups is 2. The fourth-order valence-corrected chi connectivity index (χ4v) is 2.04. The van der Waals surface area contributed by atoms with E-state index in [0.717, 1.165) is 11.3 Å². The summed E-state index contributed by atoms with van der Waals surface area (Å²) in [6.45, 7) is 0.872. The van der Waals surface area contributed by atoms with Crippen LogP contribution in [0.3, 0.4) is 0 Å². The van der Waals surface area contributed by atoms with Gasteiger partial charge in [-0.3, -0.25) is 14.8 Å². The second-order valence-corrected chi connectivity index (χ2v) is 5.12. The summed E-state index contributed by atoms with van der Waals surface area (Å²) >= 11 is 0. The number of carboxylic acid groups (broad SMARTS) is 1. The number of nitrogens with one attached hydrogen (secondary N) is 2. The molecule has 128 valence electrons. The van der Waals surface area contributed by atoms with E-state index < -0.39 is 12.0 Å². The molecule has 0 saturated heterocycles. The van der Waals surface area contributed by atoms with Crippen LogP contribution in [0.2, 0.25) is 0 Å². The number of carbonyl (C=O) groups excluding carboxylic acids is 1. The highest BCUT2D eigenvalue weighted by Crippen LogP contribution is 2.12. The first-order valence-electron chi connectivity index (χ1n) is 7.50. The summed E-state index contributed by atoms with van der Waals surface area (Å²) in [6.07, 6.45) is 2.18. The molecule has 0 fully saturated rings. The summed E-state index contributed by atoms with van der Waals surface area (Å²) in [5, 5.41) is 18.0. The lowest BCUT2D eigenvalue weighted by molar-refractivity contribution is -0.137. The Labute approximate surface area is 139 Å². The second kappa shape index (κ2) is 8.56. The molecule has 2 aromatic rings. The Balaban J connectivity index is 1.79. The third kappa shape index (κ3) is 5.64. The van der Waals surface area contributed by atoms with Crippen molar-refractivity contribution in [2.75, 3.05) is 19.0 Å². The van der Waals surface area contributed by atoms with Crippen molar-refractivity contribution < 1.29 is 19.4 Å². The van der Waals surface area contributed by atoms with Crippen LogP contribution >= 0.6 is 0 Å². The zero-order chi connectivity index (χ0) is 17.4. The minimum Gasteiger partial charge on any atom is -0.497 e. The topological polar surface area (TPSA) is 105 Å². The van der Waals surface area contributed by atoms with Gasteiger partial charge in [-0.05, 0) is 24.1 Å². The van der Waals surface area contributed by atoms with E-state index in [4.69, 9.17) is 9.84 Å². The van der Waals surface area contributed by atoms with Crippen LogP contribution in [-0.4, -0.2) is 40.5 Å². The van der Waals surface area contributed by atoms with Crippen LogP contribution in [0.5, 0.6) is 5.75 Å². The number of hydrogen-bond acceptors (Lipinski definition) is 4. The quantitative estimate of drug-likeness (QED) is 0.641. The lowest BCUT2D eigenvalue weighted by atomic mass is 10.2. The van der Waals surface area contributed by atoms with Gasteiger partial charge in [-0.2, -0.15) is 5.10 Å². The van der Waals surface area contributed by atoms with Gasteiger partial charge >= 0.3 is 12.0 Å². The number of anilines is 1. The second-order valence-electron chi connectivity index (χ2n) is 5.12. The van der Waals surface area contributed by atoms with Gasteiger partial charge in [-0.15, -0.1) is 0 Å². The van der Waals surface area contributed by atoms with Crippen molar-refractivity contribution in [3.05, 3.63) is 42.1 Å². The Morgan fingerprint density at radius 2 is 2.00 bits per heavy atom. The summed E-state index contributed by atoms with van der Waals surface area (Å²) in [7, 11) is 1.62. The minimum atomic E-state index is -0.880. The molecule has 1 aromatic heterocycles. The maximum Gasteiger partial charge on any atom is 0.320 e. The molecule has 0 aliphatic rings. The van der Waals surface area contributed by atoms with Gasteiger partial charge in [0.25, 0.3) is 0 Å². The molecule has 2 rings (SSSR count). The number of carboxylic acids is 1. The number of benzene rings is 1. The van der Waals surface area contributed by atoms with E-state index in [1.54, 1.807) is 24.1 Å². The fourth-order valence-electron chi connectivity index (χ4n) is 2.04. The lowest BCUT2D eigenvalue weighted by Crippen LogP contribution is -2.30. The van der Waals surface area contributed by atoms with Crippen molar-refractivity contribution >= 4 is 17.8 Å². The molecular formula is C16H20N4O4. The molecule has 8 heteroatoms. The van der Waals surface area contributed by atoms with Crippen LogP contribution in [0.15, 0.2) is 36.5 Å². The van der Waals surface area contributed by atoms with Gasteiger partial charge in [0.15, 0.2) is 5.82 Å². The zero-order valence-electron chi connectivity index (χ0n) is 13.4. The van der Waals surface area contributed by atoms with Gasteiger partial charge in [-0.25, -0.2) is 4.79 Å². The van der Waals surface area contributed by atoms with Crippen LogP contribution < -0.4 is 15.4 Å². The molecule has 0 bridgehead atoms. The van der Waals surface area contributed by atoms with Gasteiger partial charge in [0.2, 0.25) is 0 Å². The first-order valence-corrected chi connectivity index (χ1v) is 7.50. The number of hydrogen-bond donors (Lipinski definition) is 3. The summed E-state index contributed by atoms with van der Waals surface area (Å²) in [6, 6.07) is 8.94. The van der Waals surface area contributed by atoms with Gasteiger partial charge < -0.3 is 15.2 Å². The van der Waals surface area contributed by atoms with Gasteiger partial charge in [0.1, 0.15) is 5.75 Å². The van der Waals surface area contributed by atoms with Crippen molar-refractivity contribution in [1.29, 1.82) is 0 Å².